The summed E-state index contributed by atoms with van der Waals surface area (Å²) in [6.07, 6.45) is 3.92. The van der Waals surface area contributed by atoms with Gasteiger partial charge in [0, 0.05) is 17.3 Å². The van der Waals surface area contributed by atoms with E-state index in [0.29, 0.717) is 16.9 Å². The summed E-state index contributed by atoms with van der Waals surface area (Å²) >= 11 is 0. The second kappa shape index (κ2) is 7.11. The van der Waals surface area contributed by atoms with Crippen molar-refractivity contribution in [3.05, 3.63) is 39.4 Å². The Morgan fingerprint density at radius 3 is 2.46 bits per heavy atom. The summed E-state index contributed by atoms with van der Waals surface area (Å²) in [5.74, 6) is 0.271. The SMILES string of the molecule is Cc1c(C(=O)NN=C2CCC(C(C)(C)C)CC2)cccc1[N+](=O)[O-]. The van der Waals surface area contributed by atoms with E-state index in [0.717, 1.165) is 31.4 Å². The van der Waals surface area contributed by atoms with E-state index in [9.17, 15) is 14.9 Å². The van der Waals surface area contributed by atoms with E-state index < -0.39 is 10.8 Å². The summed E-state index contributed by atoms with van der Waals surface area (Å²) in [6, 6.07) is 4.49. The van der Waals surface area contributed by atoms with Crippen molar-refractivity contribution in [2.45, 2.75) is 53.4 Å². The Balaban J connectivity index is 2.02. The average molecular weight is 331 g/mol. The quantitative estimate of drug-likeness (QED) is 0.664. The van der Waals surface area contributed by atoms with Gasteiger partial charge in [0.1, 0.15) is 0 Å². The maximum absolute atomic E-state index is 12.3. The Bertz CT molecular complexity index is 665. The molecule has 0 heterocycles. The summed E-state index contributed by atoms with van der Waals surface area (Å²) in [5, 5.41) is 15.2. The number of carbonyl (C=O) groups excluding carboxylic acids is 1. The van der Waals surface area contributed by atoms with Gasteiger partial charge >= 0.3 is 0 Å². The third-order valence-corrected chi connectivity index (χ3v) is 4.85. The van der Waals surface area contributed by atoms with Gasteiger partial charge in [-0.2, -0.15) is 5.10 Å². The molecule has 0 bridgehead atoms. The van der Waals surface area contributed by atoms with Gasteiger partial charge in [-0.25, -0.2) is 5.43 Å². The van der Waals surface area contributed by atoms with Crippen LogP contribution in [-0.4, -0.2) is 16.5 Å². The fourth-order valence-corrected chi connectivity index (χ4v) is 3.19. The molecule has 0 atom stereocenters. The molecule has 0 saturated heterocycles. The second-order valence-electron chi connectivity index (χ2n) is 7.47. The van der Waals surface area contributed by atoms with Gasteiger partial charge < -0.3 is 0 Å². The van der Waals surface area contributed by atoms with Crippen LogP contribution in [-0.2, 0) is 0 Å². The molecule has 1 aliphatic carbocycles. The van der Waals surface area contributed by atoms with Crippen LogP contribution in [0.25, 0.3) is 0 Å². The maximum atomic E-state index is 12.3. The molecule has 1 aliphatic rings. The van der Waals surface area contributed by atoms with Crippen molar-refractivity contribution in [2.24, 2.45) is 16.4 Å². The molecule has 1 N–H and O–H groups in total. The lowest BCUT2D eigenvalue weighted by Crippen LogP contribution is -2.27. The van der Waals surface area contributed by atoms with Crippen LogP contribution in [0.2, 0.25) is 0 Å². The van der Waals surface area contributed by atoms with E-state index in [-0.39, 0.29) is 11.3 Å². The molecule has 24 heavy (non-hydrogen) atoms. The van der Waals surface area contributed by atoms with Gasteiger partial charge in [-0.3, -0.25) is 14.9 Å². The molecule has 1 amide bonds. The third kappa shape index (κ3) is 4.19. The van der Waals surface area contributed by atoms with Crippen LogP contribution in [0.4, 0.5) is 5.69 Å². The van der Waals surface area contributed by atoms with Crippen LogP contribution in [0.3, 0.4) is 0 Å². The van der Waals surface area contributed by atoms with Gasteiger partial charge in [-0.15, -0.1) is 0 Å². The van der Waals surface area contributed by atoms with Gasteiger partial charge in [0.2, 0.25) is 0 Å². The van der Waals surface area contributed by atoms with Crippen molar-refractivity contribution in [1.29, 1.82) is 0 Å². The fraction of sp³-hybridized carbons (Fsp3) is 0.556. The molecule has 130 valence electrons. The summed E-state index contributed by atoms with van der Waals surface area (Å²) < 4.78 is 0. The van der Waals surface area contributed by atoms with Crippen molar-refractivity contribution in [3.8, 4) is 0 Å². The van der Waals surface area contributed by atoms with Crippen LogP contribution in [0.1, 0.15) is 62.4 Å². The Kier molecular flexibility index (Phi) is 5.36. The van der Waals surface area contributed by atoms with E-state index in [2.05, 4.69) is 31.3 Å². The largest absolute Gasteiger partial charge is 0.273 e. The second-order valence-corrected chi connectivity index (χ2v) is 7.47. The predicted octanol–water partition coefficient (Wildman–Crippen LogP) is 4.23. The number of hydrazone groups is 1. The highest BCUT2D eigenvalue weighted by Crippen LogP contribution is 2.36. The zero-order valence-corrected chi connectivity index (χ0v) is 14.8. The zero-order chi connectivity index (χ0) is 17.9. The Hall–Kier alpha value is -2.24. The minimum atomic E-state index is -0.480. The summed E-state index contributed by atoms with van der Waals surface area (Å²) in [7, 11) is 0. The monoisotopic (exact) mass is 331 g/mol. The first-order chi connectivity index (χ1) is 11.2. The molecule has 0 aromatic heterocycles. The number of amides is 1. The normalized spacial score (nSPS) is 18.2. The molecule has 1 fully saturated rings. The molecule has 6 heteroatoms. The first-order valence-electron chi connectivity index (χ1n) is 8.30. The summed E-state index contributed by atoms with van der Waals surface area (Å²) in [5.41, 5.74) is 4.44. The van der Waals surface area contributed by atoms with Gasteiger partial charge in [0.15, 0.2) is 0 Å². The van der Waals surface area contributed by atoms with Crippen molar-refractivity contribution < 1.29 is 9.72 Å². The van der Waals surface area contributed by atoms with E-state index in [1.807, 2.05) is 0 Å². The van der Waals surface area contributed by atoms with Crippen LogP contribution in [0.5, 0.6) is 0 Å². The van der Waals surface area contributed by atoms with Crippen LogP contribution in [0, 0.1) is 28.4 Å². The van der Waals surface area contributed by atoms with E-state index in [1.54, 1.807) is 13.0 Å². The molecule has 1 aromatic carbocycles. The third-order valence-electron chi connectivity index (χ3n) is 4.85. The topological polar surface area (TPSA) is 84.6 Å². The molecular weight excluding hydrogens is 306 g/mol. The molecule has 0 unspecified atom stereocenters. The molecule has 6 nitrogen and oxygen atoms in total. The number of benzene rings is 1. The number of carbonyl (C=O) groups is 1. The van der Waals surface area contributed by atoms with Crippen LogP contribution < -0.4 is 5.43 Å². The molecule has 1 saturated carbocycles. The first-order valence-corrected chi connectivity index (χ1v) is 8.30. The molecular formula is C18H25N3O3. The minimum Gasteiger partial charge on any atom is -0.267 e. The highest BCUT2D eigenvalue weighted by Gasteiger charge is 2.28. The van der Waals surface area contributed by atoms with Gasteiger partial charge in [-0.1, -0.05) is 26.8 Å². The van der Waals surface area contributed by atoms with E-state index in [4.69, 9.17) is 0 Å². The standard InChI is InChI=1S/C18H25N3O3/c1-12-15(6-5-7-16(12)21(23)24)17(22)20-19-14-10-8-13(9-11-14)18(2,3)4/h5-7,13H,8-11H2,1-4H3,(H,20,22). The number of hydrogen-bond donors (Lipinski definition) is 1. The lowest BCUT2D eigenvalue weighted by molar-refractivity contribution is -0.385. The first kappa shape index (κ1) is 18.1. The maximum Gasteiger partial charge on any atom is 0.273 e. The summed E-state index contributed by atoms with van der Waals surface area (Å²) in [6.45, 7) is 8.35. The minimum absolute atomic E-state index is 0.0546. The summed E-state index contributed by atoms with van der Waals surface area (Å²) in [4.78, 5) is 22.7. The number of rotatable bonds is 3. The average Bonchev–Trinajstić information content (AvgIpc) is 2.52. The number of nitrogens with zero attached hydrogens (tertiary/aromatic N) is 2. The highest BCUT2D eigenvalue weighted by molar-refractivity contribution is 5.97. The molecule has 0 spiro atoms. The van der Waals surface area contributed by atoms with Gasteiger partial charge in [0.05, 0.1) is 10.5 Å². The van der Waals surface area contributed by atoms with Gasteiger partial charge in [-0.05, 0) is 50.0 Å². The van der Waals surface area contributed by atoms with Gasteiger partial charge in [0.25, 0.3) is 11.6 Å². The molecule has 1 aromatic rings. The zero-order valence-electron chi connectivity index (χ0n) is 14.8. The van der Waals surface area contributed by atoms with Crippen LogP contribution >= 0.6 is 0 Å². The molecule has 0 radical (unpaired) electrons. The lowest BCUT2D eigenvalue weighted by atomic mass is 9.72. The van der Waals surface area contributed by atoms with E-state index in [1.165, 1.54) is 12.1 Å². The fourth-order valence-electron chi connectivity index (χ4n) is 3.19. The predicted molar refractivity (Wildman–Crippen MR) is 94.1 cm³/mol. The Morgan fingerprint density at radius 2 is 1.92 bits per heavy atom. The number of nitro benzene ring substituents is 1. The van der Waals surface area contributed by atoms with Crippen molar-refractivity contribution in [1.82, 2.24) is 5.43 Å². The molecule has 2 rings (SSSR count). The molecule has 0 aliphatic heterocycles. The van der Waals surface area contributed by atoms with Crippen molar-refractivity contribution in [2.75, 3.05) is 0 Å². The van der Waals surface area contributed by atoms with E-state index >= 15 is 0 Å². The van der Waals surface area contributed by atoms with Crippen molar-refractivity contribution >= 4 is 17.3 Å². The number of hydrogen-bond acceptors (Lipinski definition) is 4. The Morgan fingerprint density at radius 1 is 1.29 bits per heavy atom. The van der Waals surface area contributed by atoms with Crippen molar-refractivity contribution in [3.63, 3.8) is 0 Å². The Labute approximate surface area is 142 Å². The number of nitrogens with one attached hydrogen (secondary N) is 1. The smallest absolute Gasteiger partial charge is 0.267 e. The highest BCUT2D eigenvalue weighted by atomic mass is 16.6. The lowest BCUT2D eigenvalue weighted by Gasteiger charge is -2.34. The number of nitro groups is 1. The van der Waals surface area contributed by atoms with Crippen LogP contribution in [0.15, 0.2) is 23.3 Å².